The topological polar surface area (TPSA) is 84.9 Å². The minimum Gasteiger partial charge on any atom is -0.496 e. The molecule has 7 nitrogen and oxygen atoms in total. The zero-order valence-corrected chi connectivity index (χ0v) is 20.7. The SMILES string of the molecule is CCOc1ccc(C(=O)NCc2ccccc2OC)cc1CN(C)S(=O)(=O)c1ccc(C)cc1. The Labute approximate surface area is 201 Å². The molecule has 8 heteroatoms. The predicted octanol–water partition coefficient (Wildman–Crippen LogP) is 4.15. The van der Waals surface area contributed by atoms with Crippen molar-refractivity contribution in [3.63, 3.8) is 0 Å². The van der Waals surface area contributed by atoms with Gasteiger partial charge in [-0.15, -0.1) is 0 Å². The van der Waals surface area contributed by atoms with Gasteiger partial charge >= 0.3 is 0 Å². The molecule has 34 heavy (non-hydrogen) atoms. The lowest BCUT2D eigenvalue weighted by molar-refractivity contribution is 0.0950. The molecule has 0 radical (unpaired) electrons. The highest BCUT2D eigenvalue weighted by atomic mass is 32.2. The number of ether oxygens (including phenoxy) is 2. The van der Waals surface area contributed by atoms with Crippen LogP contribution in [-0.4, -0.2) is 39.4 Å². The molecule has 0 aliphatic carbocycles. The summed E-state index contributed by atoms with van der Waals surface area (Å²) in [6.45, 7) is 4.52. The van der Waals surface area contributed by atoms with Crippen LogP contribution >= 0.6 is 0 Å². The Kier molecular flexibility index (Phi) is 8.31. The van der Waals surface area contributed by atoms with Gasteiger partial charge in [-0.2, -0.15) is 4.31 Å². The average molecular weight is 483 g/mol. The van der Waals surface area contributed by atoms with Crippen LogP contribution in [0.25, 0.3) is 0 Å². The summed E-state index contributed by atoms with van der Waals surface area (Å²) in [6, 6.07) is 19.2. The van der Waals surface area contributed by atoms with Crippen molar-refractivity contribution in [3.8, 4) is 11.5 Å². The number of carbonyl (C=O) groups excluding carboxylic acids is 1. The predicted molar refractivity (Wildman–Crippen MR) is 132 cm³/mol. The first-order valence-corrected chi connectivity index (χ1v) is 12.4. The molecule has 1 amide bonds. The summed E-state index contributed by atoms with van der Waals surface area (Å²) < 4.78 is 38.4. The second-order valence-corrected chi connectivity index (χ2v) is 9.87. The van der Waals surface area contributed by atoms with Crippen molar-refractivity contribution in [1.29, 1.82) is 0 Å². The molecule has 0 bridgehead atoms. The van der Waals surface area contributed by atoms with Crippen molar-refractivity contribution >= 4 is 15.9 Å². The van der Waals surface area contributed by atoms with Gasteiger partial charge < -0.3 is 14.8 Å². The van der Waals surface area contributed by atoms with Crippen LogP contribution in [0.1, 0.15) is 34.0 Å². The fraction of sp³-hybridized carbons (Fsp3) is 0.269. The summed E-state index contributed by atoms with van der Waals surface area (Å²) in [7, 11) is -0.612. The van der Waals surface area contributed by atoms with Crippen molar-refractivity contribution in [1.82, 2.24) is 9.62 Å². The molecule has 0 atom stereocenters. The Hall–Kier alpha value is -3.36. The number of amides is 1. The van der Waals surface area contributed by atoms with Crippen molar-refractivity contribution in [3.05, 3.63) is 89.0 Å². The molecule has 1 N–H and O–H groups in total. The molecule has 3 aromatic rings. The van der Waals surface area contributed by atoms with Gasteiger partial charge in [-0.3, -0.25) is 4.79 Å². The summed E-state index contributed by atoms with van der Waals surface area (Å²) in [5, 5.41) is 2.89. The van der Waals surface area contributed by atoms with Crippen LogP contribution in [0.3, 0.4) is 0 Å². The number of nitrogens with zero attached hydrogens (tertiary/aromatic N) is 1. The van der Waals surface area contributed by atoms with E-state index in [9.17, 15) is 13.2 Å². The first-order valence-electron chi connectivity index (χ1n) is 10.9. The normalized spacial score (nSPS) is 11.3. The smallest absolute Gasteiger partial charge is 0.251 e. The number of rotatable bonds is 10. The molecular formula is C26H30N2O5S. The van der Waals surface area contributed by atoms with E-state index in [1.165, 1.54) is 11.4 Å². The highest BCUT2D eigenvalue weighted by Crippen LogP contribution is 2.25. The van der Waals surface area contributed by atoms with Crippen LogP contribution in [0.15, 0.2) is 71.6 Å². The zero-order chi connectivity index (χ0) is 24.7. The van der Waals surface area contributed by atoms with Crippen molar-refractivity contribution in [2.24, 2.45) is 0 Å². The number of benzene rings is 3. The molecule has 0 aliphatic rings. The molecule has 0 aliphatic heterocycles. The van der Waals surface area contributed by atoms with Gasteiger partial charge in [0.05, 0.1) is 18.6 Å². The summed E-state index contributed by atoms with van der Waals surface area (Å²) in [5.74, 6) is 0.951. The van der Waals surface area contributed by atoms with E-state index in [1.54, 1.807) is 49.6 Å². The van der Waals surface area contributed by atoms with Crippen LogP contribution in [0, 0.1) is 6.92 Å². The maximum atomic E-state index is 13.0. The summed E-state index contributed by atoms with van der Waals surface area (Å²) >= 11 is 0. The maximum absolute atomic E-state index is 13.0. The quantitative estimate of drug-likeness (QED) is 0.469. The van der Waals surface area contributed by atoms with E-state index >= 15 is 0 Å². The Morgan fingerprint density at radius 3 is 2.35 bits per heavy atom. The molecule has 0 saturated heterocycles. The van der Waals surface area contributed by atoms with Crippen molar-refractivity contribution in [2.75, 3.05) is 20.8 Å². The molecule has 0 fully saturated rings. The Bertz CT molecular complexity index is 1240. The van der Waals surface area contributed by atoms with Crippen LogP contribution in [0.2, 0.25) is 0 Å². The third kappa shape index (κ3) is 5.95. The van der Waals surface area contributed by atoms with Gasteiger partial charge in [-0.25, -0.2) is 8.42 Å². The summed E-state index contributed by atoms with van der Waals surface area (Å²) in [6.07, 6.45) is 0. The van der Waals surface area contributed by atoms with E-state index in [0.29, 0.717) is 35.8 Å². The molecule has 3 rings (SSSR count). The van der Waals surface area contributed by atoms with E-state index in [1.807, 2.05) is 38.1 Å². The number of sulfonamides is 1. The van der Waals surface area contributed by atoms with Gasteiger partial charge in [0.1, 0.15) is 11.5 Å². The number of carbonyl (C=O) groups is 1. The number of para-hydroxylation sites is 1. The fourth-order valence-corrected chi connectivity index (χ4v) is 4.63. The number of nitrogens with one attached hydrogen (secondary N) is 1. The monoisotopic (exact) mass is 482 g/mol. The second kappa shape index (κ2) is 11.2. The van der Waals surface area contributed by atoms with E-state index in [4.69, 9.17) is 9.47 Å². The average Bonchev–Trinajstić information content (AvgIpc) is 2.84. The lowest BCUT2D eigenvalue weighted by Crippen LogP contribution is -2.27. The Balaban J connectivity index is 1.81. The lowest BCUT2D eigenvalue weighted by atomic mass is 10.1. The second-order valence-electron chi connectivity index (χ2n) is 7.82. The van der Waals surface area contributed by atoms with Crippen molar-refractivity contribution in [2.45, 2.75) is 31.8 Å². The fourth-order valence-electron chi connectivity index (χ4n) is 3.48. The van der Waals surface area contributed by atoms with Crippen LogP contribution < -0.4 is 14.8 Å². The first kappa shape index (κ1) is 25.3. The highest BCUT2D eigenvalue weighted by Gasteiger charge is 2.23. The van der Waals surface area contributed by atoms with Crippen LogP contribution in [0.5, 0.6) is 11.5 Å². The van der Waals surface area contributed by atoms with E-state index < -0.39 is 10.0 Å². The Morgan fingerprint density at radius 1 is 0.971 bits per heavy atom. The molecule has 0 saturated carbocycles. The van der Waals surface area contributed by atoms with Gasteiger partial charge in [-0.05, 0) is 50.2 Å². The molecule has 180 valence electrons. The molecule has 3 aromatic carbocycles. The summed E-state index contributed by atoms with van der Waals surface area (Å²) in [4.78, 5) is 13.1. The van der Waals surface area contributed by atoms with E-state index in [-0.39, 0.29) is 17.3 Å². The van der Waals surface area contributed by atoms with E-state index in [2.05, 4.69) is 5.32 Å². The van der Waals surface area contributed by atoms with Gasteiger partial charge in [0.2, 0.25) is 10.0 Å². The highest BCUT2D eigenvalue weighted by molar-refractivity contribution is 7.89. The summed E-state index contributed by atoms with van der Waals surface area (Å²) in [5.41, 5.74) is 2.85. The third-order valence-corrected chi connectivity index (χ3v) is 7.19. The lowest BCUT2D eigenvalue weighted by Gasteiger charge is -2.20. The maximum Gasteiger partial charge on any atom is 0.251 e. The van der Waals surface area contributed by atoms with Gasteiger partial charge in [-0.1, -0.05) is 35.9 Å². The Morgan fingerprint density at radius 2 is 1.68 bits per heavy atom. The van der Waals surface area contributed by atoms with Crippen LogP contribution in [0.4, 0.5) is 0 Å². The zero-order valence-electron chi connectivity index (χ0n) is 19.9. The van der Waals surface area contributed by atoms with E-state index in [0.717, 1.165) is 11.1 Å². The molecular weight excluding hydrogens is 452 g/mol. The van der Waals surface area contributed by atoms with Crippen molar-refractivity contribution < 1.29 is 22.7 Å². The van der Waals surface area contributed by atoms with Crippen LogP contribution in [-0.2, 0) is 23.1 Å². The van der Waals surface area contributed by atoms with Gasteiger partial charge in [0, 0.05) is 36.8 Å². The molecule has 0 spiro atoms. The minimum absolute atomic E-state index is 0.0547. The van der Waals surface area contributed by atoms with Gasteiger partial charge in [0.25, 0.3) is 5.91 Å². The molecule has 0 aromatic heterocycles. The number of aryl methyl sites for hydroxylation is 1. The van der Waals surface area contributed by atoms with Gasteiger partial charge in [0.15, 0.2) is 0 Å². The number of hydrogen-bond acceptors (Lipinski definition) is 5. The molecule has 0 heterocycles. The number of methoxy groups -OCH3 is 1. The first-order chi connectivity index (χ1) is 16.3. The number of hydrogen-bond donors (Lipinski definition) is 1. The largest absolute Gasteiger partial charge is 0.496 e. The standard InChI is InChI=1S/C26H30N2O5S/c1-5-33-25-15-12-20(26(29)27-17-21-8-6-7-9-24(21)32-4)16-22(25)18-28(3)34(30,31)23-13-10-19(2)11-14-23/h6-16H,5,17-18H2,1-4H3,(H,27,29). The molecule has 0 unspecified atom stereocenters. The minimum atomic E-state index is -3.71. The third-order valence-electron chi connectivity index (χ3n) is 5.38.